The van der Waals surface area contributed by atoms with Gasteiger partial charge in [0.15, 0.2) is 5.65 Å². The van der Waals surface area contributed by atoms with Gasteiger partial charge >= 0.3 is 5.97 Å². The highest BCUT2D eigenvalue weighted by atomic mass is 16.4. The molecule has 1 saturated carbocycles. The first-order valence-electron chi connectivity index (χ1n) is 6.69. The van der Waals surface area contributed by atoms with E-state index in [2.05, 4.69) is 17.1 Å². The number of aromatic carboxylic acids is 1. The normalized spacial score (nSPS) is 18.6. The van der Waals surface area contributed by atoms with Crippen molar-refractivity contribution >= 4 is 11.6 Å². The first-order chi connectivity index (χ1) is 9.10. The molecule has 0 aliphatic heterocycles. The average Bonchev–Trinajstić information content (AvgIpc) is 2.83. The van der Waals surface area contributed by atoms with E-state index in [9.17, 15) is 4.79 Å². The van der Waals surface area contributed by atoms with E-state index in [1.54, 1.807) is 18.3 Å². The molecule has 3 rings (SSSR count). The maximum Gasteiger partial charge on any atom is 0.337 e. The second kappa shape index (κ2) is 4.33. The summed E-state index contributed by atoms with van der Waals surface area (Å²) in [5.41, 5.74) is 0.995. The van der Waals surface area contributed by atoms with Gasteiger partial charge in [0.05, 0.1) is 5.56 Å². The summed E-state index contributed by atoms with van der Waals surface area (Å²) in [6, 6.07) is 3.28. The Balaban J connectivity index is 2.12. The Morgan fingerprint density at radius 1 is 1.26 bits per heavy atom. The van der Waals surface area contributed by atoms with E-state index in [-0.39, 0.29) is 11.0 Å². The lowest BCUT2D eigenvalue weighted by Gasteiger charge is -2.31. The number of carboxylic acids is 1. The predicted octanol–water partition coefficient (Wildman–Crippen LogP) is 2.65. The lowest BCUT2D eigenvalue weighted by molar-refractivity contribution is 0.0696. The first kappa shape index (κ1) is 12.1. The summed E-state index contributed by atoms with van der Waals surface area (Å²) in [5.74, 6) is -0.0272. The Hall–Kier alpha value is -1.91. The fourth-order valence-corrected chi connectivity index (χ4v) is 2.98. The quantitative estimate of drug-likeness (QED) is 0.900. The van der Waals surface area contributed by atoms with Crippen molar-refractivity contribution in [1.82, 2.24) is 14.6 Å². The van der Waals surface area contributed by atoms with Crippen molar-refractivity contribution in [1.29, 1.82) is 0 Å². The fourth-order valence-electron chi connectivity index (χ4n) is 2.98. The smallest absolute Gasteiger partial charge is 0.337 e. The molecular weight excluding hydrogens is 242 g/mol. The molecule has 1 fully saturated rings. The monoisotopic (exact) mass is 259 g/mol. The Kier molecular flexibility index (Phi) is 2.77. The maximum absolute atomic E-state index is 11.1. The topological polar surface area (TPSA) is 67.5 Å². The van der Waals surface area contributed by atoms with Gasteiger partial charge in [-0.05, 0) is 25.0 Å². The van der Waals surface area contributed by atoms with Crippen molar-refractivity contribution in [2.75, 3.05) is 0 Å². The SMILES string of the molecule is CC1(c2nnc3ccc(C(=O)O)cn23)CCCCC1. The van der Waals surface area contributed by atoms with Gasteiger partial charge in [0.1, 0.15) is 5.82 Å². The molecule has 5 heteroatoms. The third-order valence-electron chi connectivity index (χ3n) is 4.15. The molecule has 0 saturated heterocycles. The van der Waals surface area contributed by atoms with Crippen molar-refractivity contribution in [3.63, 3.8) is 0 Å². The predicted molar refractivity (Wildman–Crippen MR) is 70.4 cm³/mol. The number of rotatable bonds is 2. The summed E-state index contributed by atoms with van der Waals surface area (Å²) in [5, 5.41) is 17.6. The van der Waals surface area contributed by atoms with Gasteiger partial charge in [-0.2, -0.15) is 0 Å². The molecule has 5 nitrogen and oxygen atoms in total. The van der Waals surface area contributed by atoms with Crippen LogP contribution >= 0.6 is 0 Å². The number of hydrogen-bond donors (Lipinski definition) is 1. The summed E-state index contributed by atoms with van der Waals surface area (Å²) in [7, 11) is 0. The largest absolute Gasteiger partial charge is 0.478 e. The van der Waals surface area contributed by atoms with Crippen LogP contribution in [0.25, 0.3) is 5.65 Å². The average molecular weight is 259 g/mol. The van der Waals surface area contributed by atoms with Crippen molar-refractivity contribution < 1.29 is 9.90 Å². The van der Waals surface area contributed by atoms with E-state index < -0.39 is 5.97 Å². The second-order valence-corrected chi connectivity index (χ2v) is 5.60. The highest BCUT2D eigenvalue weighted by Gasteiger charge is 2.33. The van der Waals surface area contributed by atoms with Crippen LogP contribution in [0.5, 0.6) is 0 Å². The zero-order valence-corrected chi connectivity index (χ0v) is 11.0. The van der Waals surface area contributed by atoms with E-state index in [1.165, 1.54) is 19.3 Å². The third-order valence-corrected chi connectivity index (χ3v) is 4.15. The van der Waals surface area contributed by atoms with Crippen LogP contribution in [0.4, 0.5) is 0 Å². The molecule has 100 valence electrons. The molecule has 2 aromatic heterocycles. The lowest BCUT2D eigenvalue weighted by Crippen LogP contribution is -2.27. The zero-order valence-electron chi connectivity index (χ0n) is 11.0. The standard InChI is InChI=1S/C14H17N3O2/c1-14(7-3-2-4-8-14)13-16-15-11-6-5-10(12(18)19)9-17(11)13/h5-6,9H,2-4,7-8H2,1H3,(H,18,19). The Labute approximate surface area is 111 Å². The Morgan fingerprint density at radius 2 is 2.00 bits per heavy atom. The molecule has 19 heavy (non-hydrogen) atoms. The van der Waals surface area contributed by atoms with Crippen LogP contribution in [0, 0.1) is 0 Å². The van der Waals surface area contributed by atoms with Gasteiger partial charge < -0.3 is 5.11 Å². The van der Waals surface area contributed by atoms with Crippen LogP contribution in [-0.2, 0) is 5.41 Å². The summed E-state index contributed by atoms with van der Waals surface area (Å²) in [6.45, 7) is 2.20. The molecule has 0 atom stereocenters. The van der Waals surface area contributed by atoms with E-state index in [1.807, 2.05) is 4.40 Å². The molecule has 0 amide bonds. The number of carboxylic acid groups (broad SMARTS) is 1. The van der Waals surface area contributed by atoms with Crippen molar-refractivity contribution in [3.05, 3.63) is 29.7 Å². The number of aromatic nitrogens is 3. The molecule has 0 bridgehead atoms. The van der Waals surface area contributed by atoms with Crippen LogP contribution in [0.15, 0.2) is 18.3 Å². The Bertz CT molecular complexity index is 627. The van der Waals surface area contributed by atoms with Gasteiger partial charge in [-0.1, -0.05) is 26.2 Å². The molecule has 1 N–H and O–H groups in total. The highest BCUT2D eigenvalue weighted by Crippen LogP contribution is 2.38. The van der Waals surface area contributed by atoms with E-state index >= 15 is 0 Å². The van der Waals surface area contributed by atoms with E-state index in [0.717, 1.165) is 18.7 Å². The van der Waals surface area contributed by atoms with E-state index in [0.29, 0.717) is 5.65 Å². The first-order valence-corrected chi connectivity index (χ1v) is 6.69. The van der Waals surface area contributed by atoms with Crippen LogP contribution in [0.2, 0.25) is 0 Å². The maximum atomic E-state index is 11.1. The fraction of sp³-hybridized carbons (Fsp3) is 0.500. The molecule has 0 radical (unpaired) electrons. The summed E-state index contributed by atoms with van der Waals surface area (Å²) in [6.07, 6.45) is 7.48. The van der Waals surface area contributed by atoms with Crippen molar-refractivity contribution in [2.24, 2.45) is 0 Å². The summed E-state index contributed by atoms with van der Waals surface area (Å²) >= 11 is 0. The molecule has 1 aliphatic rings. The van der Waals surface area contributed by atoms with Gasteiger partial charge in [0, 0.05) is 11.6 Å². The minimum Gasteiger partial charge on any atom is -0.478 e. The molecule has 0 spiro atoms. The Morgan fingerprint density at radius 3 is 2.68 bits per heavy atom. The molecule has 2 heterocycles. The van der Waals surface area contributed by atoms with Gasteiger partial charge in [-0.15, -0.1) is 10.2 Å². The van der Waals surface area contributed by atoms with Gasteiger partial charge in [-0.25, -0.2) is 4.79 Å². The minimum atomic E-state index is -0.921. The number of hydrogen-bond acceptors (Lipinski definition) is 3. The van der Waals surface area contributed by atoms with Gasteiger partial charge in [-0.3, -0.25) is 4.40 Å². The molecule has 0 unspecified atom stereocenters. The third kappa shape index (κ3) is 1.99. The van der Waals surface area contributed by atoms with Crippen molar-refractivity contribution in [3.8, 4) is 0 Å². The molecular formula is C14H17N3O2. The summed E-state index contributed by atoms with van der Waals surface area (Å²) in [4.78, 5) is 11.1. The lowest BCUT2D eigenvalue weighted by atomic mass is 9.75. The van der Waals surface area contributed by atoms with Gasteiger partial charge in [0.2, 0.25) is 0 Å². The number of nitrogens with zero attached hydrogens (tertiary/aromatic N) is 3. The van der Waals surface area contributed by atoms with Crippen LogP contribution in [0.3, 0.4) is 0 Å². The van der Waals surface area contributed by atoms with Crippen molar-refractivity contribution in [2.45, 2.75) is 44.4 Å². The molecule has 1 aliphatic carbocycles. The minimum absolute atomic E-state index is 0.00872. The molecule has 0 aromatic carbocycles. The number of pyridine rings is 1. The van der Waals surface area contributed by atoms with Crippen LogP contribution < -0.4 is 0 Å². The number of fused-ring (bicyclic) bond motifs is 1. The van der Waals surface area contributed by atoms with Crippen LogP contribution in [0.1, 0.15) is 55.2 Å². The summed E-state index contributed by atoms with van der Waals surface area (Å²) < 4.78 is 1.84. The second-order valence-electron chi connectivity index (χ2n) is 5.60. The van der Waals surface area contributed by atoms with Crippen LogP contribution in [-0.4, -0.2) is 25.7 Å². The zero-order chi connectivity index (χ0) is 13.5. The van der Waals surface area contributed by atoms with Gasteiger partial charge in [0.25, 0.3) is 0 Å². The van der Waals surface area contributed by atoms with E-state index in [4.69, 9.17) is 5.11 Å². The molecule has 2 aromatic rings. The highest BCUT2D eigenvalue weighted by molar-refractivity contribution is 5.87. The number of carbonyl (C=O) groups is 1.